The molecule has 0 saturated heterocycles. The van der Waals surface area contributed by atoms with Crippen molar-refractivity contribution >= 4 is 17.5 Å². The van der Waals surface area contributed by atoms with Gasteiger partial charge in [0, 0.05) is 29.2 Å². The monoisotopic (exact) mass is 384 g/mol. The highest BCUT2D eigenvalue weighted by molar-refractivity contribution is 6.01. The first kappa shape index (κ1) is 19.3. The third-order valence-electron chi connectivity index (χ3n) is 7.78. The van der Waals surface area contributed by atoms with Gasteiger partial charge in [0.25, 0.3) is 0 Å². The predicted octanol–water partition coefficient (Wildman–Crippen LogP) is 2.93. The van der Waals surface area contributed by atoms with E-state index in [9.17, 15) is 19.5 Å². The maximum atomic E-state index is 12.7. The zero-order valence-corrected chi connectivity index (χ0v) is 16.7. The van der Waals surface area contributed by atoms with Crippen LogP contribution in [0.5, 0.6) is 0 Å². The molecule has 1 N–H and O–H groups in total. The van der Waals surface area contributed by atoms with Crippen molar-refractivity contribution in [3.63, 3.8) is 0 Å². The van der Waals surface area contributed by atoms with Crippen LogP contribution < -0.4 is 0 Å². The van der Waals surface area contributed by atoms with Gasteiger partial charge >= 0.3 is 5.97 Å². The van der Waals surface area contributed by atoms with Crippen molar-refractivity contribution in [3.8, 4) is 0 Å². The summed E-state index contributed by atoms with van der Waals surface area (Å²) in [5, 5.41) is 11.2. The number of hydrogen-bond donors (Lipinski definition) is 1. The molecular formula is C23H28O5. The van der Waals surface area contributed by atoms with E-state index in [0.717, 1.165) is 24.8 Å². The number of aliphatic hydroxyl groups excluding tert-OH is 1. The van der Waals surface area contributed by atoms with Crippen LogP contribution in [0.2, 0.25) is 0 Å². The zero-order chi connectivity index (χ0) is 20.3. The fraction of sp³-hybridized carbons (Fsp3) is 0.609. The van der Waals surface area contributed by atoms with Gasteiger partial charge in [-0.15, -0.1) is 0 Å². The minimum Gasteiger partial charge on any atom is -0.457 e. The summed E-state index contributed by atoms with van der Waals surface area (Å²) in [5.74, 6) is 0.0194. The molecule has 0 aromatic carbocycles. The topological polar surface area (TPSA) is 80.7 Å². The molecule has 0 heterocycles. The summed E-state index contributed by atoms with van der Waals surface area (Å²) in [5.41, 5.74) is 1.13. The second kappa shape index (κ2) is 6.51. The summed E-state index contributed by atoms with van der Waals surface area (Å²) < 4.78 is 4.93. The van der Waals surface area contributed by atoms with Crippen LogP contribution in [0.3, 0.4) is 0 Å². The number of fused-ring (bicyclic) bond motifs is 5. The van der Waals surface area contributed by atoms with Crippen molar-refractivity contribution in [2.75, 3.05) is 6.61 Å². The third kappa shape index (κ3) is 2.74. The maximum Gasteiger partial charge on any atom is 0.303 e. The fourth-order valence-corrected chi connectivity index (χ4v) is 6.57. The Labute approximate surface area is 165 Å². The Bertz CT molecular complexity index is 834. The molecule has 6 atom stereocenters. The lowest BCUT2D eigenvalue weighted by atomic mass is 9.47. The Hall–Kier alpha value is -2.01. The Kier molecular flexibility index (Phi) is 4.49. The van der Waals surface area contributed by atoms with Crippen LogP contribution in [0.1, 0.15) is 46.5 Å². The van der Waals surface area contributed by atoms with Crippen LogP contribution in [-0.4, -0.2) is 35.4 Å². The van der Waals surface area contributed by atoms with E-state index in [1.165, 1.54) is 6.92 Å². The van der Waals surface area contributed by atoms with Crippen molar-refractivity contribution < 1.29 is 24.2 Å². The molecule has 5 heteroatoms. The van der Waals surface area contributed by atoms with E-state index in [2.05, 4.69) is 13.8 Å². The molecule has 0 aromatic heterocycles. The molecule has 2 fully saturated rings. The molecule has 5 nitrogen and oxygen atoms in total. The lowest BCUT2D eigenvalue weighted by molar-refractivity contribution is -0.145. The van der Waals surface area contributed by atoms with E-state index in [0.29, 0.717) is 12.0 Å². The number of ether oxygens (including phenoxy) is 1. The van der Waals surface area contributed by atoms with Crippen molar-refractivity contribution in [1.82, 2.24) is 0 Å². The molecule has 4 unspecified atom stereocenters. The van der Waals surface area contributed by atoms with E-state index in [4.69, 9.17) is 4.74 Å². The number of carbonyl (C=O) groups is 3. The molecule has 0 amide bonds. The second-order valence-corrected chi connectivity index (χ2v) is 9.27. The quantitative estimate of drug-likeness (QED) is 0.757. The molecule has 2 saturated carbocycles. The van der Waals surface area contributed by atoms with E-state index < -0.39 is 17.5 Å². The summed E-state index contributed by atoms with van der Waals surface area (Å²) in [4.78, 5) is 35.7. The average Bonchev–Trinajstić information content (AvgIpc) is 2.96. The molecule has 4 rings (SSSR count). The normalized spacial score (nSPS) is 41.4. The Morgan fingerprint density at radius 2 is 2.07 bits per heavy atom. The fourth-order valence-electron chi connectivity index (χ4n) is 6.57. The number of carbonyl (C=O) groups excluding carboxylic acids is 3. The van der Waals surface area contributed by atoms with Crippen LogP contribution in [0.15, 0.2) is 35.5 Å². The van der Waals surface area contributed by atoms with Crippen LogP contribution in [-0.2, 0) is 19.1 Å². The highest BCUT2D eigenvalue weighted by atomic mass is 16.5. The van der Waals surface area contributed by atoms with Gasteiger partial charge in [0.05, 0.1) is 6.10 Å². The highest BCUT2D eigenvalue weighted by Gasteiger charge is 2.60. The van der Waals surface area contributed by atoms with Gasteiger partial charge < -0.3 is 9.84 Å². The van der Waals surface area contributed by atoms with Gasteiger partial charge in [0.1, 0.15) is 0 Å². The number of aliphatic hydroxyl groups is 1. The number of allylic oxidation sites excluding steroid dienone is 5. The molecular weight excluding hydrogens is 356 g/mol. The largest absolute Gasteiger partial charge is 0.457 e. The van der Waals surface area contributed by atoms with Crippen molar-refractivity contribution in [2.24, 2.45) is 28.6 Å². The number of ketones is 2. The van der Waals surface area contributed by atoms with Crippen molar-refractivity contribution in [1.29, 1.82) is 0 Å². The van der Waals surface area contributed by atoms with Gasteiger partial charge in [-0.25, -0.2) is 0 Å². The van der Waals surface area contributed by atoms with Gasteiger partial charge in [-0.05, 0) is 49.7 Å². The van der Waals surface area contributed by atoms with Crippen LogP contribution in [0.4, 0.5) is 0 Å². The predicted molar refractivity (Wildman–Crippen MR) is 103 cm³/mol. The third-order valence-corrected chi connectivity index (χ3v) is 7.78. The summed E-state index contributed by atoms with van der Waals surface area (Å²) >= 11 is 0. The van der Waals surface area contributed by atoms with E-state index in [1.54, 1.807) is 12.2 Å². The standard InChI is InChI=1S/C23H28O5/c1-13(24)28-12-20(27)18-7-6-17-16-5-4-14-10-15(25)8-9-22(14,2)21(16)19(26)11-23(17,18)3/h7-10,16-17,19,21,26H,4-6,11-12H2,1-3H3/t16?,17?,19?,21?,22-,23-/m0/s1. The van der Waals surface area contributed by atoms with Gasteiger partial charge in [0.15, 0.2) is 18.2 Å². The first-order chi connectivity index (χ1) is 13.2. The Morgan fingerprint density at radius 1 is 1.32 bits per heavy atom. The van der Waals surface area contributed by atoms with Gasteiger partial charge in [-0.3, -0.25) is 14.4 Å². The number of esters is 1. The van der Waals surface area contributed by atoms with Gasteiger partial charge in [-0.1, -0.05) is 31.6 Å². The lowest BCUT2D eigenvalue weighted by Gasteiger charge is -2.58. The summed E-state index contributed by atoms with van der Waals surface area (Å²) in [6.07, 6.45) is 9.91. The first-order valence-corrected chi connectivity index (χ1v) is 10.2. The Balaban J connectivity index is 1.63. The van der Waals surface area contributed by atoms with E-state index in [1.807, 2.05) is 12.2 Å². The molecule has 0 aromatic rings. The van der Waals surface area contributed by atoms with Crippen LogP contribution >= 0.6 is 0 Å². The average molecular weight is 384 g/mol. The lowest BCUT2D eigenvalue weighted by Crippen LogP contribution is -2.55. The van der Waals surface area contributed by atoms with Crippen LogP contribution in [0, 0.1) is 28.6 Å². The van der Waals surface area contributed by atoms with Crippen LogP contribution in [0.25, 0.3) is 0 Å². The molecule has 0 aliphatic heterocycles. The minimum atomic E-state index is -0.555. The molecule has 28 heavy (non-hydrogen) atoms. The minimum absolute atomic E-state index is 0.0296. The molecule has 0 spiro atoms. The SMILES string of the molecule is CC(=O)OCC(=O)C1=CCC2C3CCC4=CC(=O)C=C[C@]4(C)C3C(O)C[C@]12C. The van der Waals surface area contributed by atoms with E-state index in [-0.39, 0.29) is 41.3 Å². The molecule has 4 aliphatic carbocycles. The number of rotatable bonds is 3. The molecule has 150 valence electrons. The molecule has 4 aliphatic rings. The summed E-state index contributed by atoms with van der Waals surface area (Å²) in [6, 6.07) is 0. The first-order valence-electron chi connectivity index (χ1n) is 10.2. The summed E-state index contributed by atoms with van der Waals surface area (Å²) in [7, 11) is 0. The second-order valence-electron chi connectivity index (χ2n) is 9.27. The Morgan fingerprint density at radius 3 is 2.79 bits per heavy atom. The number of Topliss-reactive ketones (excluding diaryl/α,β-unsaturated/α-hetero) is 1. The molecule has 0 bridgehead atoms. The summed E-state index contributed by atoms with van der Waals surface area (Å²) in [6.45, 7) is 5.28. The van der Waals surface area contributed by atoms with Crippen molar-refractivity contribution in [3.05, 3.63) is 35.5 Å². The van der Waals surface area contributed by atoms with E-state index >= 15 is 0 Å². The maximum absolute atomic E-state index is 12.7. The molecule has 0 radical (unpaired) electrons. The van der Waals surface area contributed by atoms with Gasteiger partial charge in [-0.2, -0.15) is 0 Å². The smallest absolute Gasteiger partial charge is 0.303 e. The van der Waals surface area contributed by atoms with Crippen molar-refractivity contribution in [2.45, 2.75) is 52.6 Å². The zero-order valence-electron chi connectivity index (χ0n) is 16.7. The van der Waals surface area contributed by atoms with Gasteiger partial charge in [0.2, 0.25) is 0 Å². The number of hydrogen-bond acceptors (Lipinski definition) is 5. The highest BCUT2D eigenvalue weighted by Crippen LogP contribution is 2.64.